The van der Waals surface area contributed by atoms with Gasteiger partial charge in [-0.2, -0.15) is 0 Å². The highest BCUT2D eigenvalue weighted by Gasteiger charge is 2.31. The van der Waals surface area contributed by atoms with Crippen LogP contribution in [-0.4, -0.2) is 36.8 Å². The molecule has 0 unspecified atom stereocenters. The van der Waals surface area contributed by atoms with Gasteiger partial charge in [0.15, 0.2) is 10.9 Å². The maximum absolute atomic E-state index is 12.8. The summed E-state index contributed by atoms with van der Waals surface area (Å²) < 4.78 is 4.26. The Morgan fingerprint density at radius 3 is 2.59 bits per heavy atom. The van der Waals surface area contributed by atoms with Gasteiger partial charge in [-0.1, -0.05) is 11.8 Å². The molecule has 0 atom stereocenters. The maximum atomic E-state index is 12.8. The standard InChI is InChI=1S/C19H25N5O2S/c1-11-9-15(12(2)24(11)14-5-6-14)16(25)10-27-19-22-21-18(13-3-4-13)23(19)8-7-17(20)26/h9,13-14H,3-8,10H2,1-2H3,(H2,20,26). The van der Waals surface area contributed by atoms with Gasteiger partial charge in [0.1, 0.15) is 5.82 Å². The van der Waals surface area contributed by atoms with E-state index in [1.54, 1.807) is 0 Å². The van der Waals surface area contributed by atoms with Crippen molar-refractivity contribution in [1.29, 1.82) is 0 Å². The van der Waals surface area contributed by atoms with Crippen LogP contribution in [0, 0.1) is 13.8 Å². The molecule has 0 aromatic carbocycles. The van der Waals surface area contributed by atoms with Gasteiger partial charge in [-0.15, -0.1) is 10.2 Å². The number of thioether (sulfide) groups is 1. The first-order chi connectivity index (χ1) is 13.0. The van der Waals surface area contributed by atoms with Crippen LogP contribution < -0.4 is 5.73 Å². The number of hydrogen-bond donors (Lipinski definition) is 1. The Bertz CT molecular complexity index is 892. The molecule has 2 aromatic rings. The molecule has 0 aliphatic heterocycles. The van der Waals surface area contributed by atoms with Crippen LogP contribution in [0.4, 0.5) is 0 Å². The van der Waals surface area contributed by atoms with E-state index < -0.39 is 0 Å². The van der Waals surface area contributed by atoms with E-state index in [-0.39, 0.29) is 18.1 Å². The average molecular weight is 388 g/mol. The molecule has 2 heterocycles. The first-order valence-corrected chi connectivity index (χ1v) is 10.5. The number of hydrogen-bond acceptors (Lipinski definition) is 5. The molecule has 144 valence electrons. The fraction of sp³-hybridized carbons (Fsp3) is 0.579. The van der Waals surface area contributed by atoms with Crippen molar-refractivity contribution in [3.8, 4) is 0 Å². The number of aryl methyl sites for hydroxylation is 1. The van der Waals surface area contributed by atoms with E-state index in [1.165, 1.54) is 24.6 Å². The van der Waals surface area contributed by atoms with Gasteiger partial charge >= 0.3 is 0 Å². The quantitative estimate of drug-likeness (QED) is 0.527. The number of aromatic nitrogens is 4. The van der Waals surface area contributed by atoms with Crippen molar-refractivity contribution >= 4 is 23.5 Å². The Morgan fingerprint density at radius 2 is 1.96 bits per heavy atom. The number of amides is 1. The van der Waals surface area contributed by atoms with Crippen molar-refractivity contribution in [1.82, 2.24) is 19.3 Å². The lowest BCUT2D eigenvalue weighted by Crippen LogP contribution is -2.16. The van der Waals surface area contributed by atoms with E-state index >= 15 is 0 Å². The fourth-order valence-corrected chi connectivity index (χ4v) is 4.50. The smallest absolute Gasteiger partial charge is 0.219 e. The molecule has 0 bridgehead atoms. The normalized spacial score (nSPS) is 16.7. The molecule has 4 rings (SSSR count). The molecule has 0 radical (unpaired) electrons. The second kappa shape index (κ2) is 7.14. The van der Waals surface area contributed by atoms with Crippen molar-refractivity contribution in [2.45, 2.75) is 69.6 Å². The first kappa shape index (κ1) is 18.3. The third-order valence-corrected chi connectivity index (χ3v) is 6.27. The molecule has 2 aliphatic rings. The van der Waals surface area contributed by atoms with Crippen LogP contribution in [0.1, 0.15) is 71.6 Å². The number of carbonyl (C=O) groups excluding carboxylic acids is 2. The zero-order chi connectivity index (χ0) is 19.1. The molecule has 2 aromatic heterocycles. The predicted molar refractivity (Wildman–Crippen MR) is 103 cm³/mol. The predicted octanol–water partition coefficient (Wildman–Crippen LogP) is 2.76. The molecule has 27 heavy (non-hydrogen) atoms. The highest BCUT2D eigenvalue weighted by atomic mass is 32.2. The number of carbonyl (C=O) groups is 2. The van der Waals surface area contributed by atoms with Gasteiger partial charge in [0.25, 0.3) is 0 Å². The number of rotatable bonds is 9. The minimum Gasteiger partial charge on any atom is -0.370 e. The Balaban J connectivity index is 1.47. The van der Waals surface area contributed by atoms with Crippen molar-refractivity contribution in [2.75, 3.05) is 5.75 Å². The van der Waals surface area contributed by atoms with Crippen LogP contribution in [0.5, 0.6) is 0 Å². The van der Waals surface area contributed by atoms with Gasteiger partial charge in [0.2, 0.25) is 5.91 Å². The van der Waals surface area contributed by atoms with Crippen molar-refractivity contribution in [3.63, 3.8) is 0 Å². The zero-order valence-electron chi connectivity index (χ0n) is 15.8. The molecular formula is C19H25N5O2S. The van der Waals surface area contributed by atoms with Crippen molar-refractivity contribution in [3.05, 3.63) is 28.8 Å². The summed E-state index contributed by atoms with van der Waals surface area (Å²) >= 11 is 1.39. The van der Waals surface area contributed by atoms with Crippen LogP contribution >= 0.6 is 11.8 Å². The van der Waals surface area contributed by atoms with Crippen LogP contribution in [0.15, 0.2) is 11.2 Å². The molecular weight excluding hydrogens is 362 g/mol. The van der Waals surface area contributed by atoms with Crippen LogP contribution in [0.2, 0.25) is 0 Å². The lowest BCUT2D eigenvalue weighted by Gasteiger charge is -2.09. The number of ketones is 1. The molecule has 2 N–H and O–H groups in total. The van der Waals surface area contributed by atoms with Crippen molar-refractivity contribution < 1.29 is 9.59 Å². The summed E-state index contributed by atoms with van der Waals surface area (Å²) in [5.41, 5.74) is 8.33. The van der Waals surface area contributed by atoms with E-state index in [0.29, 0.717) is 29.4 Å². The molecule has 2 fully saturated rings. The highest BCUT2D eigenvalue weighted by molar-refractivity contribution is 7.99. The third-order valence-electron chi connectivity index (χ3n) is 5.30. The Kier molecular flexibility index (Phi) is 4.84. The summed E-state index contributed by atoms with van der Waals surface area (Å²) in [7, 11) is 0. The number of primary amides is 1. The maximum Gasteiger partial charge on any atom is 0.219 e. The van der Waals surface area contributed by atoms with E-state index in [1.807, 2.05) is 17.6 Å². The van der Waals surface area contributed by atoms with Crippen molar-refractivity contribution in [2.24, 2.45) is 5.73 Å². The molecule has 0 spiro atoms. The first-order valence-electron chi connectivity index (χ1n) is 9.51. The van der Waals surface area contributed by atoms with Crippen LogP contribution in [0.25, 0.3) is 0 Å². The van der Waals surface area contributed by atoms with Gasteiger partial charge < -0.3 is 14.9 Å². The van der Waals surface area contributed by atoms with Crippen LogP contribution in [-0.2, 0) is 11.3 Å². The third kappa shape index (κ3) is 3.81. The van der Waals surface area contributed by atoms with E-state index in [9.17, 15) is 9.59 Å². The van der Waals surface area contributed by atoms with E-state index in [0.717, 1.165) is 35.6 Å². The zero-order valence-corrected chi connectivity index (χ0v) is 16.6. The van der Waals surface area contributed by atoms with Gasteiger partial charge in [0.05, 0.1) is 5.75 Å². The second-order valence-electron chi connectivity index (χ2n) is 7.58. The lowest BCUT2D eigenvalue weighted by molar-refractivity contribution is -0.118. The van der Waals surface area contributed by atoms with Gasteiger partial charge in [-0.05, 0) is 45.6 Å². The van der Waals surface area contributed by atoms with Gasteiger partial charge in [0, 0.05) is 41.9 Å². The Morgan fingerprint density at radius 1 is 1.22 bits per heavy atom. The van der Waals surface area contributed by atoms with E-state index in [2.05, 4.69) is 21.7 Å². The Labute approximate surface area is 162 Å². The summed E-state index contributed by atoms with van der Waals surface area (Å²) in [5, 5.41) is 9.27. The average Bonchev–Trinajstić information content (AvgIpc) is 3.55. The number of nitrogens with two attached hydrogens (primary N) is 1. The molecule has 7 nitrogen and oxygen atoms in total. The SMILES string of the molecule is Cc1cc(C(=O)CSc2nnc(C3CC3)n2CCC(N)=O)c(C)n1C1CC1. The van der Waals surface area contributed by atoms with Gasteiger partial charge in [-0.3, -0.25) is 9.59 Å². The number of Topliss-reactive ketones (excluding diaryl/α,β-unsaturated/α-hetero) is 1. The summed E-state index contributed by atoms with van der Waals surface area (Å²) in [6, 6.07) is 2.57. The minimum absolute atomic E-state index is 0.109. The van der Waals surface area contributed by atoms with Gasteiger partial charge in [-0.25, -0.2) is 0 Å². The summed E-state index contributed by atoms with van der Waals surface area (Å²) in [4.78, 5) is 24.0. The van der Waals surface area contributed by atoms with E-state index in [4.69, 9.17) is 5.73 Å². The molecule has 2 aliphatic carbocycles. The highest BCUT2D eigenvalue weighted by Crippen LogP contribution is 2.40. The van der Waals surface area contributed by atoms with Crippen LogP contribution in [0.3, 0.4) is 0 Å². The topological polar surface area (TPSA) is 95.8 Å². The monoisotopic (exact) mass is 387 g/mol. The fourth-order valence-electron chi connectivity index (χ4n) is 3.64. The summed E-state index contributed by atoms with van der Waals surface area (Å²) in [5.74, 6) is 1.42. The molecule has 8 heteroatoms. The molecule has 2 saturated carbocycles. The Hall–Kier alpha value is -2.09. The summed E-state index contributed by atoms with van der Waals surface area (Å²) in [6.45, 7) is 4.57. The minimum atomic E-state index is -0.343. The summed E-state index contributed by atoms with van der Waals surface area (Å²) in [6.07, 6.45) is 4.86. The lowest BCUT2D eigenvalue weighted by atomic mass is 10.2. The second-order valence-corrected chi connectivity index (χ2v) is 8.52. The largest absolute Gasteiger partial charge is 0.370 e. The number of nitrogens with zero attached hydrogens (tertiary/aromatic N) is 4. The molecule has 1 amide bonds. The molecule has 0 saturated heterocycles.